The van der Waals surface area contributed by atoms with Crippen molar-refractivity contribution in [2.24, 2.45) is 0 Å². The van der Waals surface area contributed by atoms with Crippen LogP contribution in [0.5, 0.6) is 0 Å². The molecule has 1 aromatic carbocycles. The molecule has 0 saturated carbocycles. The fraction of sp³-hybridized carbons (Fsp3) is 0.533. The molecule has 1 rings (SSSR count). The lowest BCUT2D eigenvalue weighted by Gasteiger charge is -2.24. The Kier molecular flexibility index (Phi) is 12.6. The third-order valence-electron chi connectivity index (χ3n) is 3.02. The van der Waals surface area contributed by atoms with E-state index in [-0.39, 0.29) is 42.8 Å². The Balaban J connectivity index is 0. The number of amides is 1. The molecule has 4 nitrogen and oxygen atoms in total. The van der Waals surface area contributed by atoms with E-state index in [2.05, 4.69) is 24.5 Å². The van der Waals surface area contributed by atoms with E-state index in [9.17, 15) is 4.79 Å². The van der Waals surface area contributed by atoms with Gasteiger partial charge in [-0.25, -0.2) is 0 Å². The second-order valence-electron chi connectivity index (χ2n) is 4.98. The number of halogens is 2. The highest BCUT2D eigenvalue weighted by molar-refractivity contribution is 5.85. The molecule has 0 saturated heterocycles. The molecular weight excluding hydrogens is 309 g/mol. The molecule has 0 bridgehead atoms. The lowest BCUT2D eigenvalue weighted by molar-refractivity contribution is -0.125. The molecule has 1 aromatic rings. The van der Waals surface area contributed by atoms with Crippen molar-refractivity contribution in [1.82, 2.24) is 15.5 Å². The van der Waals surface area contributed by atoms with E-state index in [0.29, 0.717) is 6.54 Å². The van der Waals surface area contributed by atoms with Crippen molar-refractivity contribution in [3.8, 4) is 0 Å². The molecule has 2 atom stereocenters. The number of likely N-dealkylation sites (N-methyl/N-ethyl adjacent to an activating group) is 2. The van der Waals surface area contributed by atoms with Crippen molar-refractivity contribution in [2.75, 3.05) is 27.2 Å². The number of carbonyl (C=O) groups is 1. The molecule has 0 aromatic heterocycles. The van der Waals surface area contributed by atoms with Gasteiger partial charge >= 0.3 is 0 Å². The van der Waals surface area contributed by atoms with Crippen molar-refractivity contribution in [2.45, 2.75) is 25.9 Å². The van der Waals surface area contributed by atoms with Gasteiger partial charge in [-0.3, -0.25) is 9.69 Å². The minimum atomic E-state index is -0.241. The minimum Gasteiger partial charge on any atom is -0.353 e. The lowest BCUT2D eigenvalue weighted by Crippen LogP contribution is -2.43. The van der Waals surface area contributed by atoms with Gasteiger partial charge in [-0.1, -0.05) is 37.3 Å². The Labute approximate surface area is 140 Å². The van der Waals surface area contributed by atoms with Gasteiger partial charge in [0.15, 0.2) is 0 Å². The fourth-order valence-corrected chi connectivity index (χ4v) is 2.09. The van der Waals surface area contributed by atoms with Gasteiger partial charge in [-0.15, -0.1) is 24.8 Å². The topological polar surface area (TPSA) is 44.4 Å². The molecule has 0 aliphatic rings. The van der Waals surface area contributed by atoms with Crippen LogP contribution < -0.4 is 10.6 Å². The number of nitrogens with one attached hydrogen (secondary N) is 2. The summed E-state index contributed by atoms with van der Waals surface area (Å²) in [6, 6.07) is 9.89. The zero-order valence-electron chi connectivity index (χ0n) is 13.1. The van der Waals surface area contributed by atoms with Crippen molar-refractivity contribution >= 4 is 30.7 Å². The van der Waals surface area contributed by atoms with Crippen LogP contribution in [0, 0.1) is 0 Å². The van der Waals surface area contributed by atoms with Crippen LogP contribution in [0.3, 0.4) is 0 Å². The summed E-state index contributed by atoms with van der Waals surface area (Å²) in [6.07, 6.45) is 0. The van der Waals surface area contributed by atoms with Crippen molar-refractivity contribution in [3.63, 3.8) is 0 Å². The van der Waals surface area contributed by atoms with E-state index < -0.39 is 0 Å². The molecule has 0 aliphatic carbocycles. The molecule has 1 amide bonds. The second kappa shape index (κ2) is 11.8. The molecule has 122 valence electrons. The smallest absolute Gasteiger partial charge is 0.241 e. The van der Waals surface area contributed by atoms with Gasteiger partial charge in [0.2, 0.25) is 5.91 Å². The van der Waals surface area contributed by atoms with E-state index in [4.69, 9.17) is 0 Å². The van der Waals surface area contributed by atoms with Gasteiger partial charge in [0.1, 0.15) is 6.04 Å². The molecule has 21 heavy (non-hydrogen) atoms. The average Bonchev–Trinajstić information content (AvgIpc) is 2.38. The maximum Gasteiger partial charge on any atom is 0.241 e. The van der Waals surface area contributed by atoms with Crippen LogP contribution in [0.4, 0.5) is 0 Å². The van der Waals surface area contributed by atoms with Gasteiger partial charge < -0.3 is 10.6 Å². The van der Waals surface area contributed by atoms with Crippen LogP contribution in [0.1, 0.15) is 25.5 Å². The molecule has 0 radical (unpaired) electrons. The second-order valence-corrected chi connectivity index (χ2v) is 4.98. The summed E-state index contributed by atoms with van der Waals surface area (Å²) in [6.45, 7) is 5.68. The van der Waals surface area contributed by atoms with Gasteiger partial charge in [0, 0.05) is 12.6 Å². The first-order valence-corrected chi connectivity index (χ1v) is 6.78. The first kappa shape index (κ1) is 22.5. The first-order valence-electron chi connectivity index (χ1n) is 6.78. The number of carbonyl (C=O) groups excluding carboxylic acids is 1. The van der Waals surface area contributed by atoms with E-state index >= 15 is 0 Å². The van der Waals surface area contributed by atoms with E-state index in [0.717, 1.165) is 12.1 Å². The molecule has 0 aliphatic heterocycles. The van der Waals surface area contributed by atoms with Gasteiger partial charge in [-0.2, -0.15) is 0 Å². The summed E-state index contributed by atoms with van der Waals surface area (Å²) in [5.41, 5.74) is 1.01. The highest BCUT2D eigenvalue weighted by Crippen LogP contribution is 2.17. The van der Waals surface area contributed by atoms with Crippen LogP contribution in [0.25, 0.3) is 0 Å². The zero-order chi connectivity index (χ0) is 14.3. The SMILES string of the molecule is CCN[C@H](C)CNC(=O)C(c1ccccc1)N(C)C.Cl.Cl. The van der Waals surface area contributed by atoms with Crippen LogP contribution in [-0.2, 0) is 4.79 Å². The first-order chi connectivity index (χ1) is 9.06. The van der Waals surface area contributed by atoms with Gasteiger partial charge in [0.05, 0.1) is 0 Å². The Morgan fingerprint density at radius 1 is 1.19 bits per heavy atom. The fourth-order valence-electron chi connectivity index (χ4n) is 2.09. The maximum atomic E-state index is 12.3. The Bertz CT molecular complexity index is 388. The third kappa shape index (κ3) is 7.67. The van der Waals surface area contributed by atoms with Crippen molar-refractivity contribution in [1.29, 1.82) is 0 Å². The van der Waals surface area contributed by atoms with Crippen molar-refractivity contribution < 1.29 is 4.79 Å². The summed E-state index contributed by atoms with van der Waals surface area (Å²) in [5, 5.41) is 6.28. The van der Waals surface area contributed by atoms with Gasteiger partial charge in [-0.05, 0) is 33.1 Å². The van der Waals surface area contributed by atoms with Crippen LogP contribution >= 0.6 is 24.8 Å². The average molecular weight is 336 g/mol. The molecular formula is C15H27Cl2N3O. The molecule has 2 N–H and O–H groups in total. The maximum absolute atomic E-state index is 12.3. The number of hydrogen-bond acceptors (Lipinski definition) is 3. The minimum absolute atomic E-state index is 0. The number of hydrogen-bond donors (Lipinski definition) is 2. The third-order valence-corrected chi connectivity index (χ3v) is 3.02. The number of rotatable bonds is 7. The Morgan fingerprint density at radius 2 is 1.76 bits per heavy atom. The molecule has 0 spiro atoms. The highest BCUT2D eigenvalue weighted by atomic mass is 35.5. The summed E-state index contributed by atoms with van der Waals surface area (Å²) in [7, 11) is 3.84. The predicted molar refractivity (Wildman–Crippen MR) is 93.5 cm³/mol. The predicted octanol–water partition coefficient (Wildman–Crippen LogP) is 2.25. The largest absolute Gasteiger partial charge is 0.353 e. The van der Waals surface area contributed by atoms with Crippen LogP contribution in [0.15, 0.2) is 30.3 Å². The lowest BCUT2D eigenvalue weighted by atomic mass is 10.1. The van der Waals surface area contributed by atoms with Crippen molar-refractivity contribution in [3.05, 3.63) is 35.9 Å². The molecule has 0 heterocycles. The molecule has 0 fully saturated rings. The standard InChI is InChI=1S/C15H25N3O.2ClH/c1-5-16-12(2)11-17-15(19)14(18(3)4)13-9-7-6-8-10-13;;/h6-10,12,14,16H,5,11H2,1-4H3,(H,17,19);2*1H/t12-,14?;;/m1../s1. The normalized spacial score (nSPS) is 12.8. The number of benzene rings is 1. The van der Waals surface area contributed by atoms with Gasteiger partial charge in [0.25, 0.3) is 0 Å². The van der Waals surface area contributed by atoms with E-state index in [1.807, 2.05) is 49.3 Å². The highest BCUT2D eigenvalue weighted by Gasteiger charge is 2.22. The van der Waals surface area contributed by atoms with Crippen LogP contribution in [0.2, 0.25) is 0 Å². The summed E-state index contributed by atoms with van der Waals surface area (Å²) in [4.78, 5) is 14.2. The molecule has 1 unspecified atom stereocenters. The summed E-state index contributed by atoms with van der Waals surface area (Å²) in [5.74, 6) is 0.0425. The Morgan fingerprint density at radius 3 is 2.24 bits per heavy atom. The molecule has 6 heteroatoms. The quantitative estimate of drug-likeness (QED) is 0.803. The Hall–Kier alpha value is -0.810. The number of nitrogens with zero attached hydrogens (tertiary/aromatic N) is 1. The van der Waals surface area contributed by atoms with Crippen LogP contribution in [-0.4, -0.2) is 44.0 Å². The summed E-state index contributed by atoms with van der Waals surface area (Å²) < 4.78 is 0. The monoisotopic (exact) mass is 335 g/mol. The van der Waals surface area contributed by atoms with E-state index in [1.165, 1.54) is 0 Å². The zero-order valence-corrected chi connectivity index (χ0v) is 14.8. The summed E-state index contributed by atoms with van der Waals surface area (Å²) >= 11 is 0. The van der Waals surface area contributed by atoms with E-state index in [1.54, 1.807) is 0 Å².